The standard InChI is InChI=1S/C7H13NO2/c1-2-3-5-10-6-4-7(8)9/h2-3H,4-6H2,1H3,(H2,8,9). The molecule has 1 amide bonds. The Morgan fingerprint density at radius 1 is 1.70 bits per heavy atom. The van der Waals surface area contributed by atoms with E-state index in [4.69, 9.17) is 10.5 Å². The van der Waals surface area contributed by atoms with Gasteiger partial charge in [0.2, 0.25) is 5.91 Å². The van der Waals surface area contributed by atoms with E-state index >= 15 is 0 Å². The highest BCUT2D eigenvalue weighted by Crippen LogP contribution is 1.81. The molecule has 0 aliphatic rings. The quantitative estimate of drug-likeness (QED) is 0.449. The molecule has 0 aliphatic heterocycles. The maximum atomic E-state index is 10.2. The van der Waals surface area contributed by atoms with Crippen molar-refractivity contribution in [2.45, 2.75) is 13.3 Å². The Kier molecular flexibility index (Phi) is 5.77. The van der Waals surface area contributed by atoms with Crippen molar-refractivity contribution < 1.29 is 9.53 Å². The number of hydrogen-bond acceptors (Lipinski definition) is 2. The summed E-state index contributed by atoms with van der Waals surface area (Å²) in [7, 11) is 0. The molecule has 0 fully saturated rings. The van der Waals surface area contributed by atoms with Crippen LogP contribution in [-0.2, 0) is 9.53 Å². The fourth-order valence-corrected chi connectivity index (χ4v) is 0.420. The van der Waals surface area contributed by atoms with Crippen LogP contribution < -0.4 is 5.73 Å². The van der Waals surface area contributed by atoms with Crippen molar-refractivity contribution in [3.05, 3.63) is 12.2 Å². The SMILES string of the molecule is CC=CCOCCC(N)=O. The topological polar surface area (TPSA) is 52.3 Å². The summed E-state index contributed by atoms with van der Waals surface area (Å²) in [6.45, 7) is 2.89. The fourth-order valence-electron chi connectivity index (χ4n) is 0.420. The van der Waals surface area contributed by atoms with Crippen LogP contribution in [0.5, 0.6) is 0 Å². The number of hydrogen-bond donors (Lipinski definition) is 1. The number of carbonyl (C=O) groups excluding carboxylic acids is 1. The van der Waals surface area contributed by atoms with E-state index in [9.17, 15) is 4.79 Å². The van der Waals surface area contributed by atoms with Gasteiger partial charge >= 0.3 is 0 Å². The lowest BCUT2D eigenvalue weighted by molar-refractivity contribution is -0.118. The summed E-state index contributed by atoms with van der Waals surface area (Å²) in [6.07, 6.45) is 4.07. The van der Waals surface area contributed by atoms with Crippen molar-refractivity contribution in [3.8, 4) is 0 Å². The third-order valence-corrected chi connectivity index (χ3v) is 0.943. The average molecular weight is 143 g/mol. The van der Waals surface area contributed by atoms with Crippen LogP contribution in [0.3, 0.4) is 0 Å². The minimum Gasteiger partial charge on any atom is -0.377 e. The molecule has 0 saturated carbocycles. The molecule has 3 heteroatoms. The van der Waals surface area contributed by atoms with E-state index in [1.54, 1.807) is 0 Å². The van der Waals surface area contributed by atoms with Gasteiger partial charge in [0.05, 0.1) is 13.2 Å². The number of carbonyl (C=O) groups is 1. The molecule has 0 heterocycles. The Balaban J connectivity index is 2.98. The lowest BCUT2D eigenvalue weighted by Gasteiger charge is -1.96. The van der Waals surface area contributed by atoms with Gasteiger partial charge in [0.25, 0.3) is 0 Å². The Morgan fingerprint density at radius 2 is 2.40 bits per heavy atom. The summed E-state index contributed by atoms with van der Waals surface area (Å²) in [5, 5.41) is 0. The van der Waals surface area contributed by atoms with E-state index in [-0.39, 0.29) is 5.91 Å². The molecule has 0 aliphatic carbocycles. The van der Waals surface area contributed by atoms with Gasteiger partial charge in [-0.05, 0) is 6.92 Å². The predicted molar refractivity (Wildman–Crippen MR) is 39.4 cm³/mol. The van der Waals surface area contributed by atoms with Crippen molar-refractivity contribution in [1.82, 2.24) is 0 Å². The van der Waals surface area contributed by atoms with Gasteiger partial charge in [-0.1, -0.05) is 12.2 Å². The molecule has 0 aromatic heterocycles. The van der Waals surface area contributed by atoms with Gasteiger partial charge in [0.1, 0.15) is 0 Å². The van der Waals surface area contributed by atoms with Crippen LogP contribution in [-0.4, -0.2) is 19.1 Å². The second-order valence-corrected chi connectivity index (χ2v) is 1.86. The van der Waals surface area contributed by atoms with Crippen molar-refractivity contribution in [1.29, 1.82) is 0 Å². The summed E-state index contributed by atoms with van der Waals surface area (Å²) in [4.78, 5) is 10.2. The Labute approximate surface area is 60.9 Å². The molecular formula is C7H13NO2. The summed E-state index contributed by atoms with van der Waals surface area (Å²) < 4.78 is 5.00. The molecule has 0 unspecified atom stereocenters. The Bertz CT molecular complexity index is 121. The molecule has 0 atom stereocenters. The van der Waals surface area contributed by atoms with Crippen molar-refractivity contribution in [2.75, 3.05) is 13.2 Å². The summed E-state index contributed by atoms with van der Waals surface area (Å²) >= 11 is 0. The highest BCUT2D eigenvalue weighted by atomic mass is 16.5. The highest BCUT2D eigenvalue weighted by Gasteiger charge is 1.91. The predicted octanol–water partition coefficient (Wildman–Crippen LogP) is 0.455. The first kappa shape index (κ1) is 9.17. The average Bonchev–Trinajstić information content (AvgIpc) is 1.87. The van der Waals surface area contributed by atoms with Crippen LogP contribution >= 0.6 is 0 Å². The number of ether oxygens (including phenoxy) is 1. The minimum atomic E-state index is -0.319. The zero-order valence-electron chi connectivity index (χ0n) is 6.17. The van der Waals surface area contributed by atoms with Crippen LogP contribution in [0.15, 0.2) is 12.2 Å². The van der Waals surface area contributed by atoms with Gasteiger partial charge in [-0.25, -0.2) is 0 Å². The number of primary amides is 1. The van der Waals surface area contributed by atoms with Crippen molar-refractivity contribution in [2.24, 2.45) is 5.73 Å². The molecular weight excluding hydrogens is 130 g/mol. The Hall–Kier alpha value is -0.830. The smallest absolute Gasteiger partial charge is 0.219 e. The van der Waals surface area contributed by atoms with Crippen molar-refractivity contribution >= 4 is 5.91 Å². The second-order valence-electron chi connectivity index (χ2n) is 1.86. The normalized spacial score (nSPS) is 10.5. The number of rotatable bonds is 5. The first-order valence-electron chi connectivity index (χ1n) is 3.24. The van der Waals surface area contributed by atoms with E-state index in [1.165, 1.54) is 0 Å². The van der Waals surface area contributed by atoms with Crippen LogP contribution in [0.25, 0.3) is 0 Å². The summed E-state index contributed by atoms with van der Waals surface area (Å²) in [5.41, 5.74) is 4.87. The van der Waals surface area contributed by atoms with Crippen LogP contribution in [0.4, 0.5) is 0 Å². The van der Waals surface area contributed by atoms with E-state index < -0.39 is 0 Å². The van der Waals surface area contributed by atoms with E-state index in [0.29, 0.717) is 19.6 Å². The lowest BCUT2D eigenvalue weighted by Crippen LogP contribution is -2.13. The minimum absolute atomic E-state index is 0.303. The fraction of sp³-hybridized carbons (Fsp3) is 0.571. The highest BCUT2D eigenvalue weighted by molar-refractivity contribution is 5.73. The number of amides is 1. The molecule has 0 aromatic rings. The number of allylic oxidation sites excluding steroid dienone is 1. The van der Waals surface area contributed by atoms with Crippen LogP contribution in [0.1, 0.15) is 13.3 Å². The van der Waals surface area contributed by atoms with Crippen LogP contribution in [0.2, 0.25) is 0 Å². The largest absolute Gasteiger partial charge is 0.377 e. The molecule has 58 valence electrons. The molecule has 3 nitrogen and oxygen atoms in total. The third-order valence-electron chi connectivity index (χ3n) is 0.943. The van der Waals surface area contributed by atoms with E-state index in [0.717, 1.165) is 0 Å². The van der Waals surface area contributed by atoms with Crippen molar-refractivity contribution in [3.63, 3.8) is 0 Å². The molecule has 0 bridgehead atoms. The number of nitrogens with two attached hydrogens (primary N) is 1. The maximum Gasteiger partial charge on any atom is 0.219 e. The second kappa shape index (κ2) is 6.29. The maximum absolute atomic E-state index is 10.2. The molecule has 0 radical (unpaired) electrons. The zero-order valence-corrected chi connectivity index (χ0v) is 6.17. The zero-order chi connectivity index (χ0) is 7.82. The van der Waals surface area contributed by atoms with Gasteiger partial charge in [-0.2, -0.15) is 0 Å². The summed E-state index contributed by atoms with van der Waals surface area (Å²) in [6, 6.07) is 0. The van der Waals surface area contributed by atoms with Gasteiger partial charge < -0.3 is 10.5 Å². The van der Waals surface area contributed by atoms with Gasteiger partial charge in [0.15, 0.2) is 0 Å². The molecule has 0 saturated heterocycles. The lowest BCUT2D eigenvalue weighted by atomic mass is 10.4. The van der Waals surface area contributed by atoms with Crippen LogP contribution in [0, 0.1) is 0 Å². The van der Waals surface area contributed by atoms with E-state index in [2.05, 4.69) is 0 Å². The Morgan fingerprint density at radius 3 is 2.90 bits per heavy atom. The summed E-state index contributed by atoms with van der Waals surface area (Å²) in [5.74, 6) is -0.319. The van der Waals surface area contributed by atoms with Gasteiger partial charge in [-0.3, -0.25) is 4.79 Å². The first-order valence-corrected chi connectivity index (χ1v) is 3.24. The third kappa shape index (κ3) is 7.17. The molecule has 2 N–H and O–H groups in total. The van der Waals surface area contributed by atoms with Gasteiger partial charge in [-0.15, -0.1) is 0 Å². The molecule has 0 rings (SSSR count). The molecule has 0 aromatic carbocycles. The van der Waals surface area contributed by atoms with Gasteiger partial charge in [0, 0.05) is 6.42 Å². The molecule has 10 heavy (non-hydrogen) atoms. The monoisotopic (exact) mass is 143 g/mol. The van der Waals surface area contributed by atoms with E-state index in [1.807, 2.05) is 19.1 Å². The molecule has 0 spiro atoms. The first-order chi connectivity index (χ1) is 4.77.